The lowest BCUT2D eigenvalue weighted by molar-refractivity contribution is 0.0730. The standard InChI is InChI=1S/C17H16Cl2FN3O4S/c18-13-7-10(8-14(19)16(13)21)22-17(24)12-9-11(1-2-15(12)20)28(25,26)23-3-5-27-6-4-23/h1-2,7-9H,3-6,21H2,(H,22,24). The number of nitrogens with two attached hydrogens (primary N) is 1. The van der Waals surface area contributed by atoms with Crippen LogP contribution >= 0.6 is 23.2 Å². The number of nitrogen functional groups attached to an aromatic ring is 1. The largest absolute Gasteiger partial charge is 0.396 e. The Morgan fingerprint density at radius 2 is 1.75 bits per heavy atom. The van der Waals surface area contributed by atoms with Gasteiger partial charge in [-0.3, -0.25) is 4.79 Å². The van der Waals surface area contributed by atoms with E-state index in [2.05, 4.69) is 5.32 Å². The molecule has 2 aromatic carbocycles. The summed E-state index contributed by atoms with van der Waals surface area (Å²) in [6.07, 6.45) is 0. The Morgan fingerprint density at radius 1 is 1.14 bits per heavy atom. The topological polar surface area (TPSA) is 102 Å². The fourth-order valence-corrected chi connectivity index (χ4v) is 4.55. The molecule has 1 fully saturated rings. The summed E-state index contributed by atoms with van der Waals surface area (Å²) in [5.41, 5.74) is 5.54. The summed E-state index contributed by atoms with van der Waals surface area (Å²) in [6, 6.07) is 5.76. The van der Waals surface area contributed by atoms with Crippen molar-refractivity contribution >= 4 is 50.5 Å². The zero-order valence-corrected chi connectivity index (χ0v) is 16.7. The van der Waals surface area contributed by atoms with Gasteiger partial charge in [-0.1, -0.05) is 23.2 Å². The Labute approximate surface area is 171 Å². The van der Waals surface area contributed by atoms with Crippen molar-refractivity contribution in [2.24, 2.45) is 0 Å². The molecule has 2 aromatic rings. The third-order valence-electron chi connectivity index (χ3n) is 4.13. The van der Waals surface area contributed by atoms with E-state index in [-0.39, 0.29) is 52.6 Å². The average molecular weight is 448 g/mol. The second kappa shape index (κ2) is 8.22. The molecular formula is C17H16Cl2FN3O4S. The number of morpholine rings is 1. The summed E-state index contributed by atoms with van der Waals surface area (Å²) in [5, 5.41) is 2.67. The Hall–Kier alpha value is -1.91. The van der Waals surface area contributed by atoms with Gasteiger partial charge in [-0.15, -0.1) is 0 Å². The number of sulfonamides is 1. The molecule has 0 aromatic heterocycles. The van der Waals surface area contributed by atoms with Gasteiger partial charge < -0.3 is 15.8 Å². The molecule has 1 aliphatic heterocycles. The van der Waals surface area contributed by atoms with Gasteiger partial charge in [0.2, 0.25) is 10.0 Å². The fraction of sp³-hybridized carbons (Fsp3) is 0.235. The SMILES string of the molecule is Nc1c(Cl)cc(NC(=O)c2cc(S(=O)(=O)N3CCOCC3)ccc2F)cc1Cl. The van der Waals surface area contributed by atoms with Gasteiger partial charge in [0.05, 0.1) is 39.4 Å². The normalized spacial score (nSPS) is 15.4. The van der Waals surface area contributed by atoms with Gasteiger partial charge in [0.1, 0.15) is 5.82 Å². The molecule has 0 atom stereocenters. The van der Waals surface area contributed by atoms with Crippen LogP contribution in [-0.4, -0.2) is 44.9 Å². The van der Waals surface area contributed by atoms with Gasteiger partial charge in [0.15, 0.2) is 0 Å². The zero-order valence-electron chi connectivity index (χ0n) is 14.4. The van der Waals surface area contributed by atoms with Crippen LogP contribution in [-0.2, 0) is 14.8 Å². The number of hydrogen-bond acceptors (Lipinski definition) is 5. The highest BCUT2D eigenvalue weighted by molar-refractivity contribution is 7.89. The first-order chi connectivity index (χ1) is 13.2. The molecule has 0 bridgehead atoms. The minimum atomic E-state index is -3.88. The van der Waals surface area contributed by atoms with Gasteiger partial charge in [0.25, 0.3) is 5.91 Å². The molecule has 1 heterocycles. The maximum absolute atomic E-state index is 14.2. The number of carbonyl (C=O) groups is 1. The molecule has 1 amide bonds. The van der Waals surface area contributed by atoms with Crippen LogP contribution < -0.4 is 11.1 Å². The number of benzene rings is 2. The number of rotatable bonds is 4. The molecule has 0 unspecified atom stereocenters. The molecule has 7 nitrogen and oxygen atoms in total. The van der Waals surface area contributed by atoms with Crippen LogP contribution in [0.25, 0.3) is 0 Å². The van der Waals surface area contributed by atoms with E-state index in [1.165, 1.54) is 16.4 Å². The maximum Gasteiger partial charge on any atom is 0.258 e. The molecule has 11 heteroatoms. The Kier molecular flexibility index (Phi) is 6.11. The summed E-state index contributed by atoms with van der Waals surface area (Å²) in [4.78, 5) is 12.3. The predicted molar refractivity (Wildman–Crippen MR) is 105 cm³/mol. The van der Waals surface area contributed by atoms with E-state index in [0.717, 1.165) is 18.2 Å². The van der Waals surface area contributed by atoms with Gasteiger partial charge in [-0.2, -0.15) is 4.31 Å². The second-order valence-electron chi connectivity index (χ2n) is 5.97. The van der Waals surface area contributed by atoms with E-state index < -0.39 is 27.3 Å². The van der Waals surface area contributed by atoms with Crippen molar-refractivity contribution < 1.29 is 22.3 Å². The van der Waals surface area contributed by atoms with Crippen LogP contribution in [0.1, 0.15) is 10.4 Å². The fourth-order valence-electron chi connectivity index (χ4n) is 2.63. The minimum Gasteiger partial charge on any atom is -0.396 e. The Bertz CT molecular complexity index is 1000. The minimum absolute atomic E-state index is 0.118. The molecular weight excluding hydrogens is 432 g/mol. The molecule has 28 heavy (non-hydrogen) atoms. The number of hydrogen-bond donors (Lipinski definition) is 2. The first kappa shape index (κ1) is 20.8. The summed E-state index contributed by atoms with van der Waals surface area (Å²) in [6.45, 7) is 0.909. The van der Waals surface area contributed by atoms with E-state index in [1.807, 2.05) is 0 Å². The first-order valence-corrected chi connectivity index (χ1v) is 10.3. The number of carbonyl (C=O) groups excluding carboxylic acids is 1. The van der Waals surface area contributed by atoms with E-state index in [9.17, 15) is 17.6 Å². The number of ether oxygens (including phenoxy) is 1. The molecule has 3 rings (SSSR count). The molecule has 1 aliphatic rings. The van der Waals surface area contributed by atoms with Gasteiger partial charge in [-0.25, -0.2) is 12.8 Å². The van der Waals surface area contributed by atoms with Gasteiger partial charge >= 0.3 is 0 Å². The monoisotopic (exact) mass is 447 g/mol. The average Bonchev–Trinajstić information content (AvgIpc) is 2.66. The smallest absolute Gasteiger partial charge is 0.258 e. The molecule has 0 radical (unpaired) electrons. The van der Waals surface area contributed by atoms with Crippen LogP contribution in [0, 0.1) is 5.82 Å². The lowest BCUT2D eigenvalue weighted by Crippen LogP contribution is -2.40. The highest BCUT2D eigenvalue weighted by atomic mass is 35.5. The quantitative estimate of drug-likeness (QED) is 0.701. The third-order valence-corrected chi connectivity index (χ3v) is 6.65. The zero-order chi connectivity index (χ0) is 20.5. The van der Waals surface area contributed by atoms with Crippen LogP contribution in [0.4, 0.5) is 15.8 Å². The first-order valence-electron chi connectivity index (χ1n) is 8.13. The number of amides is 1. The van der Waals surface area contributed by atoms with E-state index in [0.29, 0.717) is 0 Å². The van der Waals surface area contributed by atoms with Crippen molar-refractivity contribution in [2.45, 2.75) is 4.90 Å². The number of nitrogens with zero attached hydrogens (tertiary/aromatic N) is 1. The van der Waals surface area contributed by atoms with Crippen LogP contribution in [0.2, 0.25) is 10.0 Å². The number of anilines is 2. The summed E-state index contributed by atoms with van der Waals surface area (Å²) >= 11 is 11.8. The van der Waals surface area contributed by atoms with Crippen LogP contribution in [0.15, 0.2) is 35.2 Å². The van der Waals surface area contributed by atoms with Crippen molar-refractivity contribution in [2.75, 3.05) is 37.4 Å². The van der Waals surface area contributed by atoms with Gasteiger partial charge in [-0.05, 0) is 30.3 Å². The molecule has 1 saturated heterocycles. The van der Waals surface area contributed by atoms with Crippen molar-refractivity contribution in [1.29, 1.82) is 0 Å². The van der Waals surface area contributed by atoms with E-state index in [4.69, 9.17) is 33.7 Å². The van der Waals surface area contributed by atoms with Crippen LogP contribution in [0.3, 0.4) is 0 Å². The van der Waals surface area contributed by atoms with Crippen molar-refractivity contribution in [3.8, 4) is 0 Å². The summed E-state index contributed by atoms with van der Waals surface area (Å²) in [7, 11) is -3.88. The highest BCUT2D eigenvalue weighted by Crippen LogP contribution is 2.31. The number of nitrogens with one attached hydrogen (secondary N) is 1. The molecule has 0 aliphatic carbocycles. The van der Waals surface area contributed by atoms with Crippen molar-refractivity contribution in [1.82, 2.24) is 4.31 Å². The Balaban J connectivity index is 1.90. The van der Waals surface area contributed by atoms with E-state index >= 15 is 0 Å². The lowest BCUT2D eigenvalue weighted by atomic mass is 10.2. The Morgan fingerprint density at radius 3 is 2.36 bits per heavy atom. The summed E-state index contributed by atoms with van der Waals surface area (Å²) in [5.74, 6) is -1.72. The number of halogens is 3. The second-order valence-corrected chi connectivity index (χ2v) is 8.72. The van der Waals surface area contributed by atoms with Crippen LogP contribution in [0.5, 0.6) is 0 Å². The van der Waals surface area contributed by atoms with Crippen molar-refractivity contribution in [3.05, 3.63) is 51.8 Å². The molecule has 0 saturated carbocycles. The molecule has 150 valence electrons. The van der Waals surface area contributed by atoms with E-state index in [1.54, 1.807) is 0 Å². The summed E-state index contributed by atoms with van der Waals surface area (Å²) < 4.78 is 46.0. The lowest BCUT2D eigenvalue weighted by Gasteiger charge is -2.26. The predicted octanol–water partition coefficient (Wildman–Crippen LogP) is 2.99. The molecule has 3 N–H and O–H groups in total. The maximum atomic E-state index is 14.2. The molecule has 0 spiro atoms. The van der Waals surface area contributed by atoms with Gasteiger partial charge in [0, 0.05) is 18.8 Å². The highest BCUT2D eigenvalue weighted by Gasteiger charge is 2.28. The third kappa shape index (κ3) is 4.23. The van der Waals surface area contributed by atoms with Crippen molar-refractivity contribution in [3.63, 3.8) is 0 Å².